The molecule has 3 N–H and O–H groups in total. The first-order valence-electron chi connectivity index (χ1n) is 3.75. The fourth-order valence-corrected chi connectivity index (χ4v) is 1.29. The van der Waals surface area contributed by atoms with Gasteiger partial charge in [-0.05, 0) is 23.8 Å². The predicted molar refractivity (Wildman–Crippen MR) is 47.5 cm³/mol. The van der Waals surface area contributed by atoms with Crippen LogP contribution < -0.4 is 11.3 Å². The lowest BCUT2D eigenvalue weighted by Crippen LogP contribution is -2.33. The molecule has 1 aromatic rings. The molecule has 0 aliphatic heterocycles. The van der Waals surface area contributed by atoms with Crippen LogP contribution in [-0.4, -0.2) is 6.43 Å². The van der Waals surface area contributed by atoms with Crippen LogP contribution in [0.4, 0.5) is 13.2 Å². The van der Waals surface area contributed by atoms with Gasteiger partial charge in [-0.15, -0.1) is 0 Å². The number of hydrazine groups is 1. The molecule has 78 valence electrons. The Morgan fingerprint density at radius 2 is 2.00 bits per heavy atom. The zero-order valence-corrected chi connectivity index (χ0v) is 7.73. The summed E-state index contributed by atoms with van der Waals surface area (Å²) in [5.41, 5.74) is 1.83. The smallest absolute Gasteiger partial charge is 0.259 e. The summed E-state index contributed by atoms with van der Waals surface area (Å²) in [6.07, 6.45) is -2.75. The standard InChI is InChI=1S/C8H8ClF3N2/c9-6-2-1-4(10)3-5(6)7(14-13)8(11)12/h1-3,7-8,14H,13H2. The van der Waals surface area contributed by atoms with Gasteiger partial charge in [0.1, 0.15) is 11.9 Å². The first kappa shape index (κ1) is 11.3. The van der Waals surface area contributed by atoms with E-state index in [0.717, 1.165) is 12.1 Å². The van der Waals surface area contributed by atoms with Gasteiger partial charge in [0.25, 0.3) is 6.43 Å². The van der Waals surface area contributed by atoms with Crippen LogP contribution >= 0.6 is 11.6 Å². The third-order valence-corrected chi connectivity index (χ3v) is 2.07. The average Bonchev–Trinajstić information content (AvgIpc) is 2.11. The molecule has 0 fully saturated rings. The molecule has 0 saturated heterocycles. The first-order valence-corrected chi connectivity index (χ1v) is 4.13. The van der Waals surface area contributed by atoms with E-state index in [0.29, 0.717) is 0 Å². The number of rotatable bonds is 3. The normalized spacial score (nSPS) is 13.3. The molecule has 0 radical (unpaired) electrons. The Labute approximate surface area is 83.8 Å². The summed E-state index contributed by atoms with van der Waals surface area (Å²) in [6, 6.07) is 1.77. The first-order chi connectivity index (χ1) is 6.56. The van der Waals surface area contributed by atoms with E-state index < -0.39 is 18.3 Å². The van der Waals surface area contributed by atoms with Crippen molar-refractivity contribution >= 4 is 11.6 Å². The Morgan fingerprint density at radius 1 is 1.36 bits per heavy atom. The van der Waals surface area contributed by atoms with Gasteiger partial charge in [0.15, 0.2) is 0 Å². The van der Waals surface area contributed by atoms with Crippen LogP contribution in [0.2, 0.25) is 5.02 Å². The van der Waals surface area contributed by atoms with Gasteiger partial charge >= 0.3 is 0 Å². The summed E-state index contributed by atoms with van der Waals surface area (Å²) in [4.78, 5) is 0. The van der Waals surface area contributed by atoms with Crippen LogP contribution in [0, 0.1) is 5.82 Å². The topological polar surface area (TPSA) is 38.0 Å². The van der Waals surface area contributed by atoms with Crippen molar-refractivity contribution in [3.63, 3.8) is 0 Å². The Hall–Kier alpha value is -0.780. The molecule has 0 amide bonds. The van der Waals surface area contributed by atoms with Crippen molar-refractivity contribution in [3.8, 4) is 0 Å². The van der Waals surface area contributed by atoms with Crippen LogP contribution in [0.15, 0.2) is 18.2 Å². The molecule has 0 aliphatic rings. The number of nitrogens with two attached hydrogens (primary N) is 1. The maximum atomic E-state index is 12.7. The van der Waals surface area contributed by atoms with E-state index in [4.69, 9.17) is 17.4 Å². The van der Waals surface area contributed by atoms with Crippen molar-refractivity contribution in [1.82, 2.24) is 5.43 Å². The molecule has 0 spiro atoms. The highest BCUT2D eigenvalue weighted by Gasteiger charge is 2.23. The van der Waals surface area contributed by atoms with Crippen LogP contribution in [0.5, 0.6) is 0 Å². The van der Waals surface area contributed by atoms with Gasteiger partial charge in [0, 0.05) is 5.02 Å². The molecule has 1 unspecified atom stereocenters. The van der Waals surface area contributed by atoms with E-state index in [1.165, 1.54) is 6.07 Å². The molecule has 0 bridgehead atoms. The number of nitrogens with one attached hydrogen (secondary N) is 1. The number of hydrogen-bond acceptors (Lipinski definition) is 2. The summed E-state index contributed by atoms with van der Waals surface area (Å²) >= 11 is 5.62. The summed E-state index contributed by atoms with van der Waals surface area (Å²) in [5.74, 6) is 4.28. The van der Waals surface area contributed by atoms with Crippen LogP contribution in [-0.2, 0) is 0 Å². The van der Waals surface area contributed by atoms with E-state index >= 15 is 0 Å². The Morgan fingerprint density at radius 3 is 2.50 bits per heavy atom. The Kier molecular flexibility index (Phi) is 3.74. The second-order valence-corrected chi connectivity index (χ2v) is 3.05. The molecule has 1 aromatic carbocycles. The number of hydrogen-bond donors (Lipinski definition) is 2. The lowest BCUT2D eigenvalue weighted by atomic mass is 10.1. The minimum Gasteiger partial charge on any atom is -0.271 e. The maximum absolute atomic E-state index is 12.7. The Balaban J connectivity index is 3.08. The molecular weight excluding hydrogens is 217 g/mol. The quantitative estimate of drug-likeness (QED) is 0.611. The minimum absolute atomic E-state index is 0.0506. The van der Waals surface area contributed by atoms with Gasteiger partial charge in [0.2, 0.25) is 0 Å². The van der Waals surface area contributed by atoms with Crippen LogP contribution in [0.1, 0.15) is 11.6 Å². The summed E-state index contributed by atoms with van der Waals surface area (Å²) < 4.78 is 37.5. The van der Waals surface area contributed by atoms with E-state index in [9.17, 15) is 13.2 Å². The van der Waals surface area contributed by atoms with Crippen LogP contribution in [0.3, 0.4) is 0 Å². The number of alkyl halides is 2. The average molecular weight is 225 g/mol. The summed E-state index contributed by atoms with van der Waals surface area (Å²) in [7, 11) is 0. The largest absolute Gasteiger partial charge is 0.271 e. The van der Waals surface area contributed by atoms with E-state index in [1.54, 1.807) is 0 Å². The third kappa shape index (κ3) is 2.37. The lowest BCUT2D eigenvalue weighted by molar-refractivity contribution is 0.0985. The van der Waals surface area contributed by atoms with E-state index in [-0.39, 0.29) is 10.6 Å². The fraction of sp³-hybridized carbons (Fsp3) is 0.250. The van der Waals surface area contributed by atoms with Gasteiger partial charge in [-0.25, -0.2) is 18.6 Å². The zero-order chi connectivity index (χ0) is 10.7. The van der Waals surface area contributed by atoms with E-state index in [2.05, 4.69) is 0 Å². The number of halogens is 4. The van der Waals surface area contributed by atoms with Gasteiger partial charge < -0.3 is 0 Å². The molecule has 6 heteroatoms. The molecule has 1 rings (SSSR count). The highest BCUT2D eigenvalue weighted by atomic mass is 35.5. The Bertz CT molecular complexity index is 319. The van der Waals surface area contributed by atoms with Gasteiger partial charge in [-0.3, -0.25) is 5.84 Å². The molecule has 0 aliphatic carbocycles. The zero-order valence-electron chi connectivity index (χ0n) is 6.98. The van der Waals surface area contributed by atoms with Gasteiger partial charge in [-0.2, -0.15) is 0 Å². The fourth-order valence-electron chi connectivity index (χ4n) is 1.05. The highest BCUT2D eigenvalue weighted by Crippen LogP contribution is 2.27. The lowest BCUT2D eigenvalue weighted by Gasteiger charge is -2.16. The summed E-state index contributed by atoms with van der Waals surface area (Å²) in [5, 5.41) is 0.0506. The van der Waals surface area contributed by atoms with Crippen molar-refractivity contribution in [2.75, 3.05) is 0 Å². The predicted octanol–water partition coefficient (Wildman–Crippen LogP) is 2.25. The second kappa shape index (κ2) is 4.63. The molecular formula is C8H8ClF3N2. The molecule has 0 saturated carbocycles. The van der Waals surface area contributed by atoms with Crippen molar-refractivity contribution in [1.29, 1.82) is 0 Å². The van der Waals surface area contributed by atoms with Crippen LogP contribution in [0.25, 0.3) is 0 Å². The summed E-state index contributed by atoms with van der Waals surface area (Å²) in [6.45, 7) is 0. The maximum Gasteiger partial charge on any atom is 0.259 e. The molecule has 0 aromatic heterocycles. The van der Waals surface area contributed by atoms with Crippen molar-refractivity contribution in [3.05, 3.63) is 34.6 Å². The minimum atomic E-state index is -2.75. The highest BCUT2D eigenvalue weighted by molar-refractivity contribution is 6.31. The molecule has 14 heavy (non-hydrogen) atoms. The third-order valence-electron chi connectivity index (χ3n) is 1.72. The molecule has 2 nitrogen and oxygen atoms in total. The number of benzene rings is 1. The molecule has 0 heterocycles. The van der Waals surface area contributed by atoms with Crippen molar-refractivity contribution in [2.24, 2.45) is 5.84 Å². The van der Waals surface area contributed by atoms with Crippen molar-refractivity contribution in [2.45, 2.75) is 12.5 Å². The van der Waals surface area contributed by atoms with Crippen molar-refractivity contribution < 1.29 is 13.2 Å². The molecule has 1 atom stereocenters. The van der Waals surface area contributed by atoms with Gasteiger partial charge in [0.05, 0.1) is 0 Å². The second-order valence-electron chi connectivity index (χ2n) is 2.64. The van der Waals surface area contributed by atoms with E-state index in [1.807, 2.05) is 5.43 Å². The SMILES string of the molecule is NNC(c1cc(F)ccc1Cl)C(F)F. The monoisotopic (exact) mass is 224 g/mol. The van der Waals surface area contributed by atoms with Gasteiger partial charge in [-0.1, -0.05) is 11.6 Å².